The SMILES string of the molecule is C/C=C(/NC(=O)[C@H](Cc1ccccc1)NC(=O)[C@H](NC(=O)[C@@H](CCCN=C(N)N)NC(=O)[C@H](NC(C)=O)C(C)C)C(C)C)C(=O)N[C@H](Cc1c[nH]c2ccccc12)C(=O)O. The maximum atomic E-state index is 14.0. The number of aliphatic imine (C=N–C) groups is 1. The molecule has 0 unspecified atom stereocenters. The molecule has 0 aliphatic heterocycles. The largest absolute Gasteiger partial charge is 0.480 e. The van der Waals surface area contributed by atoms with Crippen molar-refractivity contribution in [2.24, 2.45) is 28.3 Å². The highest BCUT2D eigenvalue weighted by molar-refractivity contribution is 6.01. The van der Waals surface area contributed by atoms with E-state index < -0.39 is 77.5 Å². The Balaban J connectivity index is 1.82. The molecule has 0 bridgehead atoms. The summed E-state index contributed by atoms with van der Waals surface area (Å²) < 4.78 is 0. The second-order valence-electron chi connectivity index (χ2n) is 15.0. The highest BCUT2D eigenvalue weighted by Gasteiger charge is 2.34. The predicted octanol–water partition coefficient (Wildman–Crippen LogP) is 0.867. The number of carbonyl (C=O) groups excluding carboxylic acids is 6. The van der Waals surface area contributed by atoms with Gasteiger partial charge >= 0.3 is 5.97 Å². The molecule has 3 aromatic rings. The highest BCUT2D eigenvalue weighted by Crippen LogP contribution is 2.19. The van der Waals surface area contributed by atoms with Gasteiger partial charge in [-0.1, -0.05) is 82.3 Å². The lowest BCUT2D eigenvalue weighted by molar-refractivity contribution is -0.141. The number of nitrogens with one attached hydrogen (secondary N) is 7. The van der Waals surface area contributed by atoms with Gasteiger partial charge in [0.15, 0.2) is 5.96 Å². The number of aromatic amines is 1. The maximum absolute atomic E-state index is 14.0. The van der Waals surface area contributed by atoms with Crippen molar-refractivity contribution in [1.29, 1.82) is 0 Å². The van der Waals surface area contributed by atoms with Crippen LogP contribution in [0.5, 0.6) is 0 Å². The van der Waals surface area contributed by atoms with E-state index in [-0.39, 0.29) is 49.8 Å². The standard InChI is InChI=1S/C42H58N10O8/c1-7-29(36(54)51-33(41(59)60)21-27-22-46-30-17-12-11-16-28(27)30)48-38(56)32(20-26-14-9-8-10-15-26)50-40(58)35(24(4)5)52-37(55)31(18-13-19-45-42(43)44)49-39(57)34(23(2)3)47-25(6)53/h7-12,14-17,22-24,31-35,46H,13,18-21H2,1-6H3,(H,47,53)(H,48,56)(H,49,57)(H,50,58)(H,51,54)(H,52,55)(H,59,60)(H4,43,44,45)/b29-7+/t31-,32+,33-,34-,35-/m1/s1. The van der Waals surface area contributed by atoms with Crippen LogP contribution in [0.4, 0.5) is 0 Å². The van der Waals surface area contributed by atoms with E-state index in [0.717, 1.165) is 10.9 Å². The number of para-hydroxylation sites is 1. The molecule has 0 aliphatic rings. The number of fused-ring (bicyclic) bond motifs is 1. The third-order valence-corrected chi connectivity index (χ3v) is 9.54. The topological polar surface area (TPSA) is 292 Å². The molecular formula is C42H58N10O8. The number of benzene rings is 2. The molecule has 3 rings (SSSR count). The van der Waals surface area contributed by atoms with E-state index >= 15 is 0 Å². The number of aromatic nitrogens is 1. The summed E-state index contributed by atoms with van der Waals surface area (Å²) in [6, 6.07) is 10.2. The van der Waals surface area contributed by atoms with Crippen LogP contribution in [0.2, 0.25) is 0 Å². The van der Waals surface area contributed by atoms with Gasteiger partial charge in [0, 0.05) is 43.4 Å². The molecule has 0 spiro atoms. The predicted molar refractivity (Wildman–Crippen MR) is 227 cm³/mol. The molecule has 1 aromatic heterocycles. The summed E-state index contributed by atoms with van der Waals surface area (Å²) in [7, 11) is 0. The number of allylic oxidation sites excluding steroid dienone is 1. The third-order valence-electron chi connectivity index (χ3n) is 9.54. The molecule has 18 nitrogen and oxygen atoms in total. The van der Waals surface area contributed by atoms with Crippen molar-refractivity contribution in [2.45, 2.75) is 97.4 Å². The van der Waals surface area contributed by atoms with Gasteiger partial charge in [0.1, 0.15) is 35.9 Å². The van der Waals surface area contributed by atoms with Crippen molar-refractivity contribution in [3.05, 3.63) is 83.7 Å². The summed E-state index contributed by atoms with van der Waals surface area (Å²) in [5.41, 5.74) is 12.8. The number of nitrogens with zero attached hydrogens (tertiary/aromatic N) is 1. The lowest BCUT2D eigenvalue weighted by Crippen LogP contribution is -2.60. The summed E-state index contributed by atoms with van der Waals surface area (Å²) in [4.78, 5) is 99.8. The van der Waals surface area contributed by atoms with Crippen LogP contribution in [0.1, 0.15) is 65.5 Å². The number of amides is 6. The van der Waals surface area contributed by atoms with E-state index in [9.17, 15) is 38.7 Å². The van der Waals surface area contributed by atoms with Gasteiger partial charge in [-0.05, 0) is 48.8 Å². The Hall–Kier alpha value is -6.72. The zero-order chi connectivity index (χ0) is 44.5. The molecule has 18 heteroatoms. The van der Waals surface area contributed by atoms with Crippen molar-refractivity contribution in [3.8, 4) is 0 Å². The van der Waals surface area contributed by atoms with Crippen LogP contribution < -0.4 is 43.4 Å². The molecule has 60 heavy (non-hydrogen) atoms. The van der Waals surface area contributed by atoms with Crippen molar-refractivity contribution in [2.75, 3.05) is 6.54 Å². The van der Waals surface area contributed by atoms with Crippen LogP contribution >= 0.6 is 0 Å². The van der Waals surface area contributed by atoms with Crippen LogP contribution in [0.15, 0.2) is 77.6 Å². The number of H-pyrrole nitrogens is 1. The number of carboxylic acids is 1. The molecule has 0 aliphatic carbocycles. The Labute approximate surface area is 349 Å². The average molecular weight is 831 g/mol. The highest BCUT2D eigenvalue weighted by atomic mass is 16.4. The summed E-state index contributed by atoms with van der Waals surface area (Å²) in [6.07, 6.45) is 3.28. The Morgan fingerprint density at radius 2 is 1.33 bits per heavy atom. The number of carbonyl (C=O) groups is 7. The fraction of sp³-hybridized carbons (Fsp3) is 0.429. The average Bonchev–Trinajstić information content (AvgIpc) is 3.60. The molecule has 324 valence electrons. The first kappa shape index (κ1) is 47.7. The van der Waals surface area contributed by atoms with Crippen molar-refractivity contribution < 1.29 is 38.7 Å². The quantitative estimate of drug-likeness (QED) is 0.0295. The number of hydrogen-bond acceptors (Lipinski definition) is 8. The molecule has 0 saturated carbocycles. The number of rotatable bonds is 22. The van der Waals surface area contributed by atoms with Crippen LogP contribution in [0.25, 0.3) is 10.9 Å². The van der Waals surface area contributed by atoms with Crippen LogP contribution in [-0.2, 0) is 46.4 Å². The normalized spacial score (nSPS) is 13.9. The molecule has 12 N–H and O–H groups in total. The van der Waals surface area contributed by atoms with Crippen LogP contribution in [0.3, 0.4) is 0 Å². The number of hydrogen-bond donors (Lipinski definition) is 10. The minimum Gasteiger partial charge on any atom is -0.480 e. The van der Waals surface area contributed by atoms with E-state index in [0.29, 0.717) is 11.1 Å². The Morgan fingerprint density at radius 3 is 1.92 bits per heavy atom. The monoisotopic (exact) mass is 830 g/mol. The molecule has 2 aromatic carbocycles. The summed E-state index contributed by atoms with van der Waals surface area (Å²) in [5.74, 6) is -6.38. The summed E-state index contributed by atoms with van der Waals surface area (Å²) in [6.45, 7) is 9.76. The van der Waals surface area contributed by atoms with E-state index in [1.165, 1.54) is 19.9 Å². The zero-order valence-corrected chi connectivity index (χ0v) is 34.8. The molecular weight excluding hydrogens is 773 g/mol. The Kier molecular flexibility index (Phi) is 18.3. The van der Waals surface area contributed by atoms with Gasteiger partial charge in [-0.15, -0.1) is 0 Å². The Morgan fingerprint density at radius 1 is 0.733 bits per heavy atom. The van der Waals surface area contributed by atoms with Crippen LogP contribution in [-0.4, -0.2) is 94.2 Å². The van der Waals surface area contributed by atoms with Crippen molar-refractivity contribution >= 4 is 58.3 Å². The maximum Gasteiger partial charge on any atom is 0.326 e. The minimum absolute atomic E-state index is 0.0166. The molecule has 0 radical (unpaired) electrons. The van der Waals surface area contributed by atoms with E-state index in [1.54, 1.807) is 64.2 Å². The number of nitrogens with two attached hydrogens (primary N) is 2. The van der Waals surface area contributed by atoms with Crippen molar-refractivity contribution in [3.63, 3.8) is 0 Å². The fourth-order valence-corrected chi connectivity index (χ4v) is 6.33. The van der Waals surface area contributed by atoms with Gasteiger partial charge in [-0.3, -0.25) is 33.8 Å². The second-order valence-corrected chi connectivity index (χ2v) is 15.0. The van der Waals surface area contributed by atoms with Gasteiger partial charge in [0.25, 0.3) is 5.91 Å². The summed E-state index contributed by atoms with van der Waals surface area (Å²) in [5, 5.41) is 26.6. The fourth-order valence-electron chi connectivity index (χ4n) is 6.33. The second kappa shape index (κ2) is 23.0. The van der Waals surface area contributed by atoms with Gasteiger partial charge < -0.3 is 53.5 Å². The molecule has 0 saturated heterocycles. The lowest BCUT2D eigenvalue weighted by atomic mass is 9.99. The van der Waals surface area contributed by atoms with Crippen LogP contribution in [0, 0.1) is 11.8 Å². The first-order valence-corrected chi connectivity index (χ1v) is 19.7. The summed E-state index contributed by atoms with van der Waals surface area (Å²) >= 11 is 0. The van der Waals surface area contributed by atoms with E-state index in [4.69, 9.17) is 11.5 Å². The molecule has 0 fully saturated rings. The molecule has 6 amide bonds. The van der Waals surface area contributed by atoms with E-state index in [2.05, 4.69) is 41.9 Å². The lowest BCUT2D eigenvalue weighted by Gasteiger charge is -2.29. The Bertz CT molecular complexity index is 2040. The first-order valence-electron chi connectivity index (χ1n) is 19.7. The smallest absolute Gasteiger partial charge is 0.326 e. The van der Waals surface area contributed by atoms with E-state index in [1.807, 2.05) is 24.3 Å². The minimum atomic E-state index is -1.35. The van der Waals surface area contributed by atoms with Gasteiger partial charge in [0.05, 0.1) is 0 Å². The van der Waals surface area contributed by atoms with Crippen molar-refractivity contribution in [1.82, 2.24) is 36.9 Å². The van der Waals surface area contributed by atoms with Gasteiger partial charge in [-0.2, -0.15) is 0 Å². The number of aliphatic carboxylic acids is 1. The van der Waals surface area contributed by atoms with Gasteiger partial charge in [-0.25, -0.2) is 4.79 Å². The molecule has 5 atom stereocenters. The number of guanidine groups is 1. The third kappa shape index (κ3) is 14.6. The first-order chi connectivity index (χ1) is 28.4. The molecule has 1 heterocycles. The number of carboxylic acid groups (broad SMARTS) is 1. The zero-order valence-electron chi connectivity index (χ0n) is 34.8. The van der Waals surface area contributed by atoms with Gasteiger partial charge in [0.2, 0.25) is 29.5 Å².